The van der Waals surface area contributed by atoms with Crippen molar-refractivity contribution in [1.29, 1.82) is 5.26 Å². The predicted octanol–water partition coefficient (Wildman–Crippen LogP) is 2.63. The third-order valence-electron chi connectivity index (χ3n) is 2.98. The van der Waals surface area contributed by atoms with Crippen LogP contribution in [0.1, 0.15) is 5.56 Å². The highest BCUT2D eigenvalue weighted by atomic mass is 16.7. The van der Waals surface area contributed by atoms with Gasteiger partial charge in [0, 0.05) is 25.8 Å². The van der Waals surface area contributed by atoms with Crippen LogP contribution in [0.2, 0.25) is 0 Å². The van der Waals surface area contributed by atoms with Gasteiger partial charge in [0.25, 0.3) is 0 Å². The Morgan fingerprint density at radius 3 is 2.65 bits per heavy atom. The Kier molecular flexibility index (Phi) is 6.36. The van der Waals surface area contributed by atoms with E-state index in [0.717, 1.165) is 0 Å². The molecule has 1 aromatic carbocycles. The van der Waals surface area contributed by atoms with Crippen molar-refractivity contribution in [3.05, 3.63) is 42.0 Å². The zero-order valence-corrected chi connectivity index (χ0v) is 13.1. The average molecular weight is 314 g/mol. The minimum Gasteiger partial charge on any atom is -0.475 e. The van der Waals surface area contributed by atoms with Crippen molar-refractivity contribution >= 4 is 0 Å². The van der Waals surface area contributed by atoms with Crippen LogP contribution in [0.3, 0.4) is 0 Å². The van der Waals surface area contributed by atoms with Crippen LogP contribution in [0.15, 0.2) is 36.4 Å². The van der Waals surface area contributed by atoms with Gasteiger partial charge in [-0.1, -0.05) is 6.07 Å². The molecule has 0 aliphatic rings. The fraction of sp³-hybridized carbons (Fsp3) is 0.294. The van der Waals surface area contributed by atoms with Gasteiger partial charge in [-0.15, -0.1) is 0 Å². The van der Waals surface area contributed by atoms with Crippen LogP contribution in [-0.4, -0.2) is 39.2 Å². The normalized spacial score (nSPS) is 10.1. The number of nitriles is 1. The zero-order valence-electron chi connectivity index (χ0n) is 13.1. The van der Waals surface area contributed by atoms with Gasteiger partial charge in [-0.3, -0.25) is 0 Å². The third kappa shape index (κ3) is 4.68. The molecular weight excluding hydrogens is 296 g/mol. The van der Waals surface area contributed by atoms with Gasteiger partial charge < -0.3 is 18.9 Å². The average Bonchev–Trinajstić information content (AvgIpc) is 2.60. The van der Waals surface area contributed by atoms with Crippen molar-refractivity contribution in [2.24, 2.45) is 0 Å². The molecule has 0 spiro atoms. The summed E-state index contributed by atoms with van der Waals surface area (Å²) in [7, 11) is 3.16. The fourth-order valence-electron chi connectivity index (χ4n) is 1.92. The molecule has 23 heavy (non-hydrogen) atoms. The lowest BCUT2D eigenvalue weighted by Gasteiger charge is -2.12. The van der Waals surface area contributed by atoms with Crippen LogP contribution in [0.4, 0.5) is 0 Å². The molecule has 0 fully saturated rings. The second kappa shape index (κ2) is 8.73. The SMILES string of the molecule is COCCOc1cccc(-c2cc(C#N)ccc2OCOC)n1. The fourth-order valence-corrected chi connectivity index (χ4v) is 1.92. The van der Waals surface area contributed by atoms with E-state index in [2.05, 4.69) is 11.1 Å². The number of pyridine rings is 1. The van der Waals surface area contributed by atoms with Crippen LogP contribution in [0, 0.1) is 11.3 Å². The number of rotatable bonds is 8. The lowest BCUT2D eigenvalue weighted by Crippen LogP contribution is -2.06. The molecule has 0 amide bonds. The molecule has 2 aromatic rings. The first-order valence-corrected chi connectivity index (χ1v) is 7.03. The van der Waals surface area contributed by atoms with Crippen LogP contribution >= 0.6 is 0 Å². The minimum absolute atomic E-state index is 0.114. The molecule has 120 valence electrons. The molecule has 1 heterocycles. The van der Waals surface area contributed by atoms with E-state index < -0.39 is 0 Å². The summed E-state index contributed by atoms with van der Waals surface area (Å²) in [5.74, 6) is 1.08. The molecule has 0 atom stereocenters. The molecule has 0 saturated heterocycles. The van der Waals surface area contributed by atoms with Gasteiger partial charge in [-0.2, -0.15) is 5.26 Å². The Bertz CT molecular complexity index is 683. The first-order chi connectivity index (χ1) is 11.3. The second-order valence-electron chi connectivity index (χ2n) is 4.58. The van der Waals surface area contributed by atoms with Gasteiger partial charge in [-0.25, -0.2) is 4.98 Å². The number of nitrogens with zero attached hydrogens (tertiary/aromatic N) is 2. The molecule has 0 saturated carbocycles. The number of ether oxygens (including phenoxy) is 4. The molecule has 0 aliphatic carbocycles. The van der Waals surface area contributed by atoms with Gasteiger partial charge in [0.2, 0.25) is 5.88 Å². The van der Waals surface area contributed by atoms with Crippen molar-refractivity contribution in [1.82, 2.24) is 4.98 Å². The van der Waals surface area contributed by atoms with Crippen molar-refractivity contribution in [2.45, 2.75) is 0 Å². The quantitative estimate of drug-likeness (QED) is 0.551. The lowest BCUT2D eigenvalue weighted by atomic mass is 10.1. The summed E-state index contributed by atoms with van der Waals surface area (Å²) in [4.78, 5) is 4.45. The number of hydrogen-bond donors (Lipinski definition) is 0. The summed E-state index contributed by atoms with van der Waals surface area (Å²) < 4.78 is 21.0. The zero-order chi connectivity index (χ0) is 16.5. The smallest absolute Gasteiger partial charge is 0.213 e. The van der Waals surface area contributed by atoms with E-state index in [4.69, 9.17) is 24.2 Å². The second-order valence-corrected chi connectivity index (χ2v) is 4.58. The Morgan fingerprint density at radius 1 is 1.04 bits per heavy atom. The molecular formula is C17H18N2O4. The lowest BCUT2D eigenvalue weighted by molar-refractivity contribution is 0.0515. The van der Waals surface area contributed by atoms with Crippen LogP contribution in [-0.2, 0) is 9.47 Å². The van der Waals surface area contributed by atoms with Crippen molar-refractivity contribution in [3.8, 4) is 29.0 Å². The summed E-state index contributed by atoms with van der Waals surface area (Å²) in [5, 5.41) is 9.10. The third-order valence-corrected chi connectivity index (χ3v) is 2.98. The summed E-state index contributed by atoms with van der Waals surface area (Å²) in [5.41, 5.74) is 1.89. The summed E-state index contributed by atoms with van der Waals surface area (Å²) in [6.07, 6.45) is 0. The van der Waals surface area contributed by atoms with Crippen LogP contribution in [0.5, 0.6) is 11.6 Å². The Labute approximate surface area is 135 Å². The molecule has 0 aliphatic heterocycles. The van der Waals surface area contributed by atoms with E-state index in [1.54, 1.807) is 38.5 Å². The highest BCUT2D eigenvalue weighted by Crippen LogP contribution is 2.30. The van der Waals surface area contributed by atoms with E-state index in [0.29, 0.717) is 41.7 Å². The minimum atomic E-state index is 0.114. The van der Waals surface area contributed by atoms with E-state index in [1.165, 1.54) is 0 Å². The van der Waals surface area contributed by atoms with Crippen molar-refractivity contribution in [3.63, 3.8) is 0 Å². The van der Waals surface area contributed by atoms with Crippen LogP contribution < -0.4 is 9.47 Å². The number of hydrogen-bond acceptors (Lipinski definition) is 6. The number of benzene rings is 1. The van der Waals surface area contributed by atoms with Gasteiger partial charge in [0.15, 0.2) is 6.79 Å². The highest BCUT2D eigenvalue weighted by molar-refractivity contribution is 5.69. The summed E-state index contributed by atoms with van der Waals surface area (Å²) >= 11 is 0. The van der Waals surface area contributed by atoms with E-state index >= 15 is 0 Å². The van der Waals surface area contributed by atoms with Gasteiger partial charge in [0.1, 0.15) is 12.4 Å². The molecule has 0 radical (unpaired) electrons. The number of aromatic nitrogens is 1. The molecule has 0 bridgehead atoms. The van der Waals surface area contributed by atoms with Gasteiger partial charge in [0.05, 0.1) is 23.9 Å². The van der Waals surface area contributed by atoms with E-state index in [-0.39, 0.29) is 6.79 Å². The standard InChI is InChI=1S/C17H18N2O4/c1-20-8-9-22-17-5-3-4-15(19-17)14-10-13(11-18)6-7-16(14)23-12-21-2/h3-7,10H,8-9,12H2,1-2H3. The first-order valence-electron chi connectivity index (χ1n) is 7.03. The summed E-state index contributed by atoms with van der Waals surface area (Å²) in [6.45, 7) is 1.01. The largest absolute Gasteiger partial charge is 0.475 e. The maximum atomic E-state index is 9.10. The van der Waals surface area contributed by atoms with E-state index in [9.17, 15) is 0 Å². The summed E-state index contributed by atoms with van der Waals surface area (Å²) in [6, 6.07) is 12.7. The Hall–Kier alpha value is -2.62. The molecule has 1 aromatic heterocycles. The maximum Gasteiger partial charge on any atom is 0.213 e. The number of methoxy groups -OCH3 is 2. The molecule has 2 rings (SSSR count). The van der Waals surface area contributed by atoms with Crippen molar-refractivity contribution < 1.29 is 18.9 Å². The molecule has 0 N–H and O–H groups in total. The monoisotopic (exact) mass is 314 g/mol. The molecule has 6 heteroatoms. The molecule has 0 unspecified atom stereocenters. The predicted molar refractivity (Wildman–Crippen MR) is 84.3 cm³/mol. The van der Waals surface area contributed by atoms with Gasteiger partial charge in [-0.05, 0) is 24.3 Å². The Balaban J connectivity index is 2.31. The first kappa shape index (κ1) is 16.7. The van der Waals surface area contributed by atoms with Crippen LogP contribution in [0.25, 0.3) is 11.3 Å². The maximum absolute atomic E-state index is 9.10. The van der Waals surface area contributed by atoms with E-state index in [1.807, 2.05) is 12.1 Å². The van der Waals surface area contributed by atoms with Crippen molar-refractivity contribution in [2.75, 3.05) is 34.2 Å². The molecule has 6 nitrogen and oxygen atoms in total. The topological polar surface area (TPSA) is 73.6 Å². The highest BCUT2D eigenvalue weighted by Gasteiger charge is 2.10. The van der Waals surface area contributed by atoms with Gasteiger partial charge >= 0.3 is 0 Å². The Morgan fingerprint density at radius 2 is 1.91 bits per heavy atom.